The second-order valence-electron chi connectivity index (χ2n) is 8.62. The Balaban J connectivity index is 1.53. The smallest absolute Gasteiger partial charge is 0.394 e. The van der Waals surface area contributed by atoms with Crippen molar-refractivity contribution < 1.29 is 31.9 Å². The van der Waals surface area contributed by atoms with E-state index in [1.54, 1.807) is 12.4 Å². The first-order valence-electron chi connectivity index (χ1n) is 11.5. The van der Waals surface area contributed by atoms with Gasteiger partial charge in [-0.3, -0.25) is 9.48 Å². The summed E-state index contributed by atoms with van der Waals surface area (Å²) >= 11 is 0. The molecule has 1 amide bonds. The Labute approximate surface area is 208 Å². The Morgan fingerprint density at radius 3 is 2.38 bits per heavy atom. The van der Waals surface area contributed by atoms with Crippen LogP contribution in [-0.2, 0) is 11.3 Å². The predicted octanol–water partition coefficient (Wildman–Crippen LogP) is 3.76. The van der Waals surface area contributed by atoms with Crippen LogP contribution in [-0.4, -0.2) is 55.6 Å². The Kier molecular flexibility index (Phi) is 7.86. The molecule has 2 aromatic heterocycles. The number of amides is 1. The lowest BCUT2D eigenvalue weighted by atomic mass is 9.91. The number of halogens is 5. The SMILES string of the molecule is O=C(N[C@H]1CC[C@H](Nc2nc(Nc3cc(F)cc(F)c3)ncc2-c2cnn(CCO)c2)CC1)C(F)(F)F. The number of anilines is 3. The van der Waals surface area contributed by atoms with Gasteiger partial charge in [-0.2, -0.15) is 23.3 Å². The van der Waals surface area contributed by atoms with Crippen molar-refractivity contribution in [2.45, 2.75) is 50.5 Å². The maximum Gasteiger partial charge on any atom is 0.471 e. The highest BCUT2D eigenvalue weighted by Crippen LogP contribution is 2.31. The largest absolute Gasteiger partial charge is 0.471 e. The first-order valence-corrected chi connectivity index (χ1v) is 11.5. The number of nitrogens with one attached hydrogen (secondary N) is 3. The van der Waals surface area contributed by atoms with Crippen LogP contribution in [0.2, 0.25) is 0 Å². The van der Waals surface area contributed by atoms with E-state index in [1.807, 2.05) is 5.32 Å². The third kappa shape index (κ3) is 6.90. The minimum Gasteiger partial charge on any atom is -0.394 e. The molecule has 3 aromatic rings. The summed E-state index contributed by atoms with van der Waals surface area (Å²) in [5, 5.41) is 21.4. The monoisotopic (exact) mass is 525 g/mol. The molecule has 37 heavy (non-hydrogen) atoms. The number of alkyl halides is 3. The number of rotatable bonds is 8. The number of aliphatic hydroxyl groups is 1. The minimum atomic E-state index is -4.93. The lowest BCUT2D eigenvalue weighted by Crippen LogP contribution is -2.45. The van der Waals surface area contributed by atoms with Crippen LogP contribution in [0.25, 0.3) is 11.1 Å². The second kappa shape index (κ2) is 11.1. The Morgan fingerprint density at radius 2 is 1.73 bits per heavy atom. The number of aliphatic hydroxyl groups excluding tert-OH is 1. The third-order valence-electron chi connectivity index (χ3n) is 5.84. The van der Waals surface area contributed by atoms with Gasteiger partial charge in [-0.05, 0) is 37.8 Å². The zero-order valence-electron chi connectivity index (χ0n) is 19.4. The molecule has 0 bridgehead atoms. The number of nitrogens with zero attached hydrogens (tertiary/aromatic N) is 4. The normalized spacial score (nSPS) is 17.9. The number of benzene rings is 1. The van der Waals surface area contributed by atoms with Crippen molar-refractivity contribution in [3.63, 3.8) is 0 Å². The zero-order valence-corrected chi connectivity index (χ0v) is 19.4. The van der Waals surface area contributed by atoms with Crippen LogP contribution < -0.4 is 16.0 Å². The molecule has 2 heterocycles. The Morgan fingerprint density at radius 1 is 1.05 bits per heavy atom. The third-order valence-corrected chi connectivity index (χ3v) is 5.84. The summed E-state index contributed by atoms with van der Waals surface area (Å²) in [5.74, 6) is -3.07. The fraction of sp³-hybridized carbons (Fsp3) is 0.391. The maximum absolute atomic E-state index is 13.6. The topological polar surface area (TPSA) is 117 Å². The van der Waals surface area contributed by atoms with E-state index in [0.29, 0.717) is 42.6 Å². The van der Waals surface area contributed by atoms with E-state index in [4.69, 9.17) is 5.11 Å². The van der Waals surface area contributed by atoms with Gasteiger partial charge in [0.25, 0.3) is 0 Å². The van der Waals surface area contributed by atoms with Gasteiger partial charge in [0, 0.05) is 47.4 Å². The molecule has 1 fully saturated rings. The van der Waals surface area contributed by atoms with Crippen molar-refractivity contribution in [3.05, 3.63) is 48.4 Å². The molecular weight excluding hydrogens is 501 g/mol. The summed E-state index contributed by atoms with van der Waals surface area (Å²) in [5.41, 5.74) is 1.31. The van der Waals surface area contributed by atoms with Crippen molar-refractivity contribution >= 4 is 23.4 Å². The van der Waals surface area contributed by atoms with Gasteiger partial charge in [-0.15, -0.1) is 0 Å². The van der Waals surface area contributed by atoms with Crippen LogP contribution in [0.5, 0.6) is 0 Å². The molecule has 1 saturated carbocycles. The van der Waals surface area contributed by atoms with Gasteiger partial charge in [0.1, 0.15) is 17.5 Å². The number of hydrogen-bond donors (Lipinski definition) is 4. The van der Waals surface area contributed by atoms with Crippen LogP contribution in [0.15, 0.2) is 36.8 Å². The molecule has 14 heteroatoms. The molecule has 0 radical (unpaired) electrons. The molecule has 0 aliphatic heterocycles. The number of carbonyl (C=O) groups excluding carboxylic acids is 1. The lowest BCUT2D eigenvalue weighted by Gasteiger charge is -2.30. The summed E-state index contributed by atoms with van der Waals surface area (Å²) < 4.78 is 66.4. The van der Waals surface area contributed by atoms with E-state index < -0.39 is 29.8 Å². The molecule has 1 aromatic carbocycles. The molecule has 4 N–H and O–H groups in total. The van der Waals surface area contributed by atoms with Crippen LogP contribution in [0, 0.1) is 11.6 Å². The van der Waals surface area contributed by atoms with Crippen molar-refractivity contribution in [1.29, 1.82) is 0 Å². The van der Waals surface area contributed by atoms with Crippen molar-refractivity contribution in [2.75, 3.05) is 17.2 Å². The highest BCUT2D eigenvalue weighted by molar-refractivity contribution is 5.82. The zero-order chi connectivity index (χ0) is 26.6. The van der Waals surface area contributed by atoms with E-state index in [9.17, 15) is 26.7 Å². The van der Waals surface area contributed by atoms with Crippen LogP contribution >= 0.6 is 0 Å². The fourth-order valence-electron chi connectivity index (χ4n) is 4.09. The lowest BCUT2D eigenvalue weighted by molar-refractivity contribution is -0.174. The molecule has 0 spiro atoms. The number of aromatic nitrogens is 4. The number of carbonyl (C=O) groups is 1. The van der Waals surface area contributed by atoms with Crippen LogP contribution in [0.1, 0.15) is 25.7 Å². The van der Waals surface area contributed by atoms with E-state index in [-0.39, 0.29) is 30.8 Å². The average molecular weight is 525 g/mol. The summed E-state index contributed by atoms with van der Waals surface area (Å²) in [4.78, 5) is 19.9. The summed E-state index contributed by atoms with van der Waals surface area (Å²) in [7, 11) is 0. The Hall–Kier alpha value is -3.81. The highest BCUT2D eigenvalue weighted by Gasteiger charge is 2.40. The minimum absolute atomic E-state index is 0.0603. The standard InChI is InChI=1S/C23H24F5N7O2/c24-14-7-15(25)9-18(8-14)33-22-29-11-19(13-10-30-35(12-13)5-6-36)20(34-22)31-16-1-3-17(4-2-16)32-21(37)23(26,27)28/h7-12,16-17,36H,1-6H2,(H,32,37)(H2,29,31,33,34)/t16-,17-. The molecule has 0 atom stereocenters. The molecular formula is C23H24F5N7O2. The van der Waals surface area contributed by atoms with E-state index in [0.717, 1.165) is 18.2 Å². The average Bonchev–Trinajstić information content (AvgIpc) is 3.28. The molecule has 0 saturated heterocycles. The number of hydrogen-bond acceptors (Lipinski definition) is 7. The van der Waals surface area contributed by atoms with Gasteiger partial charge in [0.15, 0.2) is 0 Å². The van der Waals surface area contributed by atoms with Gasteiger partial charge in [-0.1, -0.05) is 0 Å². The van der Waals surface area contributed by atoms with Gasteiger partial charge < -0.3 is 21.1 Å². The van der Waals surface area contributed by atoms with Crippen LogP contribution in [0.3, 0.4) is 0 Å². The van der Waals surface area contributed by atoms with E-state index in [2.05, 4.69) is 25.7 Å². The fourth-order valence-corrected chi connectivity index (χ4v) is 4.09. The molecule has 198 valence electrons. The van der Waals surface area contributed by atoms with Crippen molar-refractivity contribution in [1.82, 2.24) is 25.1 Å². The van der Waals surface area contributed by atoms with E-state index >= 15 is 0 Å². The first kappa shape index (κ1) is 26.3. The molecule has 1 aliphatic carbocycles. The maximum atomic E-state index is 13.6. The second-order valence-corrected chi connectivity index (χ2v) is 8.62. The van der Waals surface area contributed by atoms with Crippen molar-refractivity contribution in [3.8, 4) is 11.1 Å². The molecule has 4 rings (SSSR count). The molecule has 1 aliphatic rings. The first-order chi connectivity index (χ1) is 17.6. The molecule has 9 nitrogen and oxygen atoms in total. The van der Waals surface area contributed by atoms with Crippen molar-refractivity contribution in [2.24, 2.45) is 0 Å². The molecule has 0 unspecified atom stereocenters. The van der Waals surface area contributed by atoms with Gasteiger partial charge in [0.05, 0.1) is 19.3 Å². The predicted molar refractivity (Wildman–Crippen MR) is 124 cm³/mol. The van der Waals surface area contributed by atoms with Gasteiger partial charge in [-0.25, -0.2) is 13.8 Å². The highest BCUT2D eigenvalue weighted by atomic mass is 19.4. The van der Waals surface area contributed by atoms with E-state index in [1.165, 1.54) is 10.9 Å². The summed E-state index contributed by atoms with van der Waals surface area (Å²) in [6.07, 6.45) is 1.44. The van der Waals surface area contributed by atoms with Gasteiger partial charge >= 0.3 is 12.1 Å². The summed E-state index contributed by atoms with van der Waals surface area (Å²) in [6, 6.07) is 2.15. The Bertz CT molecular complexity index is 1220. The summed E-state index contributed by atoms with van der Waals surface area (Å²) in [6.45, 7) is 0.173. The van der Waals surface area contributed by atoms with Gasteiger partial charge in [0.2, 0.25) is 5.95 Å². The van der Waals surface area contributed by atoms with Crippen LogP contribution in [0.4, 0.5) is 39.4 Å². The quantitative estimate of drug-likeness (QED) is 0.331.